The summed E-state index contributed by atoms with van der Waals surface area (Å²) in [4.78, 5) is 0. The van der Waals surface area contributed by atoms with Gasteiger partial charge in [0.1, 0.15) is 0 Å². The van der Waals surface area contributed by atoms with Gasteiger partial charge in [-0.3, -0.25) is 0 Å². The molecule has 3 aliphatic rings. The molecule has 3 heterocycles. The molecule has 0 fully saturated rings. The van der Waals surface area contributed by atoms with Gasteiger partial charge in [0.15, 0.2) is 0 Å². The maximum atomic E-state index is 2.64. The number of aromatic nitrogens is 1. The summed E-state index contributed by atoms with van der Waals surface area (Å²) in [5.74, 6) is 0. The van der Waals surface area contributed by atoms with Gasteiger partial charge in [0.25, 0.3) is 0 Å². The van der Waals surface area contributed by atoms with Crippen LogP contribution in [0.4, 0.5) is 0 Å². The van der Waals surface area contributed by atoms with Crippen LogP contribution in [0.15, 0.2) is 115 Å². The van der Waals surface area contributed by atoms with Crippen molar-refractivity contribution in [1.29, 1.82) is 0 Å². The fourth-order valence-electron chi connectivity index (χ4n) is 8.17. The van der Waals surface area contributed by atoms with Gasteiger partial charge < -0.3 is 0 Å². The van der Waals surface area contributed by atoms with Crippen LogP contribution in [0, 0.1) is 0 Å². The Morgan fingerprint density at radius 1 is 0.683 bits per heavy atom. The van der Waals surface area contributed by atoms with E-state index < -0.39 is 0 Å². The molecule has 0 bridgehead atoms. The molecule has 2 aliphatic heterocycles. The van der Waals surface area contributed by atoms with Gasteiger partial charge in [-0.15, -0.1) is 0 Å². The number of rotatable bonds is 2. The zero-order valence-corrected chi connectivity index (χ0v) is 24.9. The Kier molecular flexibility index (Phi) is 5.16. The van der Waals surface area contributed by atoms with Gasteiger partial charge in [0, 0.05) is 0 Å². The van der Waals surface area contributed by atoms with Gasteiger partial charge in [-0.1, -0.05) is 0 Å². The van der Waals surface area contributed by atoms with Crippen LogP contribution in [0.25, 0.3) is 16.6 Å². The summed E-state index contributed by atoms with van der Waals surface area (Å²) in [6, 6.07) is 44.0. The quantitative estimate of drug-likeness (QED) is 0.259. The van der Waals surface area contributed by atoms with E-state index in [-0.39, 0.29) is 27.1 Å². The van der Waals surface area contributed by atoms with Crippen LogP contribution in [0.3, 0.4) is 0 Å². The van der Waals surface area contributed by atoms with E-state index >= 15 is 0 Å². The summed E-state index contributed by atoms with van der Waals surface area (Å²) >= 11 is 0.250. The van der Waals surface area contributed by atoms with Crippen LogP contribution in [-0.2, 0) is 18.3 Å². The topological polar surface area (TPSA) is 4.93 Å². The number of hydrogen-bond donors (Lipinski definition) is 0. The standard InChI is InChI=1S/C38H30BNSe/c1-38(25-13-3-2-4-14-25)29-17-7-8-18-31(29)39-32-19-9-12-22-35(32)41-36-24-26(23-30(38)37(36)39)40-33-20-10-5-15-27(33)28-16-6-11-21-34(28)40/h2-5,7-10,12-15,17-20,22-24H,6,11,16,21H2,1H3. The van der Waals surface area contributed by atoms with Crippen molar-refractivity contribution in [3.8, 4) is 5.69 Å². The third-order valence-electron chi connectivity index (χ3n) is 10.0. The molecule has 3 heteroatoms. The van der Waals surface area contributed by atoms with Crippen molar-refractivity contribution in [2.75, 3.05) is 0 Å². The monoisotopic (exact) mass is 591 g/mol. The molecule has 5 aromatic carbocycles. The van der Waals surface area contributed by atoms with Crippen LogP contribution >= 0.6 is 0 Å². The molecular weight excluding hydrogens is 560 g/mol. The second-order valence-electron chi connectivity index (χ2n) is 12.0. The Hall–Kier alpha value is -3.78. The SMILES string of the molecule is CC1(c2ccccc2)c2ccccc2B2c3ccccc3[Se]c3cc(-n4c5c(c6ccccc64)CCCC5)cc1c32. The minimum absolute atomic E-state index is 0.236. The minimum atomic E-state index is -0.236. The molecule has 1 aromatic heterocycles. The normalized spacial score (nSPS) is 18.4. The number of para-hydroxylation sites is 1. The van der Waals surface area contributed by atoms with E-state index in [1.165, 1.54) is 73.6 Å². The number of benzene rings is 5. The summed E-state index contributed by atoms with van der Waals surface area (Å²) in [6.45, 7) is 2.76. The van der Waals surface area contributed by atoms with E-state index in [4.69, 9.17) is 0 Å². The predicted molar refractivity (Wildman–Crippen MR) is 174 cm³/mol. The molecule has 0 spiro atoms. The fraction of sp³-hybridized carbons (Fsp3) is 0.158. The second-order valence-corrected chi connectivity index (χ2v) is 14.3. The number of hydrogen-bond acceptors (Lipinski definition) is 0. The van der Waals surface area contributed by atoms with Crippen molar-refractivity contribution in [2.45, 2.75) is 38.0 Å². The zero-order valence-electron chi connectivity index (χ0n) is 23.2. The van der Waals surface area contributed by atoms with Crippen LogP contribution in [-0.4, -0.2) is 26.2 Å². The first-order chi connectivity index (χ1) is 20.2. The average molecular weight is 590 g/mol. The maximum absolute atomic E-state index is 2.64. The van der Waals surface area contributed by atoms with Gasteiger partial charge in [0.2, 0.25) is 0 Å². The van der Waals surface area contributed by atoms with Crippen LogP contribution in [0.1, 0.15) is 47.7 Å². The predicted octanol–water partition coefficient (Wildman–Crippen LogP) is 4.66. The van der Waals surface area contributed by atoms with Gasteiger partial charge >= 0.3 is 249 Å². The molecule has 9 rings (SSSR count). The molecule has 0 radical (unpaired) electrons. The summed E-state index contributed by atoms with van der Waals surface area (Å²) in [7, 11) is 0. The van der Waals surface area contributed by atoms with Crippen LogP contribution < -0.4 is 25.3 Å². The molecule has 0 amide bonds. The van der Waals surface area contributed by atoms with Crippen LogP contribution in [0.2, 0.25) is 0 Å². The Labute approximate surface area is 248 Å². The van der Waals surface area contributed by atoms with E-state index in [1.54, 1.807) is 15.5 Å². The van der Waals surface area contributed by atoms with Crippen molar-refractivity contribution in [3.63, 3.8) is 0 Å². The van der Waals surface area contributed by atoms with Crippen molar-refractivity contribution in [3.05, 3.63) is 143 Å². The summed E-state index contributed by atoms with van der Waals surface area (Å²) in [5, 5.41) is 1.44. The van der Waals surface area contributed by atoms with Gasteiger partial charge in [-0.25, -0.2) is 0 Å². The van der Waals surface area contributed by atoms with E-state index in [2.05, 4.69) is 127 Å². The molecule has 0 N–H and O–H groups in total. The van der Waals surface area contributed by atoms with Crippen molar-refractivity contribution in [2.24, 2.45) is 0 Å². The number of aryl methyl sites for hydroxylation is 1. The molecule has 41 heavy (non-hydrogen) atoms. The number of nitrogens with zero attached hydrogens (tertiary/aromatic N) is 1. The Morgan fingerprint density at radius 2 is 1.41 bits per heavy atom. The second kappa shape index (κ2) is 8.86. The molecule has 0 saturated carbocycles. The fourth-order valence-corrected chi connectivity index (χ4v) is 10.7. The summed E-state index contributed by atoms with van der Waals surface area (Å²) in [5.41, 5.74) is 14.4. The van der Waals surface area contributed by atoms with E-state index in [1.807, 2.05) is 0 Å². The molecule has 6 aromatic rings. The Balaban J connectivity index is 1.41. The third kappa shape index (κ3) is 3.25. The molecule has 1 aliphatic carbocycles. The first-order valence-electron chi connectivity index (χ1n) is 14.9. The molecule has 1 atom stereocenters. The number of fused-ring (bicyclic) bond motifs is 7. The van der Waals surface area contributed by atoms with Crippen molar-refractivity contribution >= 4 is 57.9 Å². The molecule has 0 saturated heterocycles. The first-order valence-corrected chi connectivity index (χ1v) is 16.7. The van der Waals surface area contributed by atoms with Crippen molar-refractivity contribution in [1.82, 2.24) is 4.57 Å². The third-order valence-corrected chi connectivity index (χ3v) is 12.4. The summed E-state index contributed by atoms with van der Waals surface area (Å²) in [6.07, 6.45) is 4.91. The van der Waals surface area contributed by atoms with Gasteiger partial charge in [-0.2, -0.15) is 0 Å². The molecular formula is C38H30BNSe. The van der Waals surface area contributed by atoms with E-state index in [9.17, 15) is 0 Å². The zero-order chi connectivity index (χ0) is 27.1. The van der Waals surface area contributed by atoms with E-state index in [0.717, 1.165) is 6.42 Å². The molecule has 1 unspecified atom stereocenters. The van der Waals surface area contributed by atoms with Gasteiger partial charge in [-0.05, 0) is 0 Å². The molecule has 196 valence electrons. The van der Waals surface area contributed by atoms with E-state index in [0.29, 0.717) is 0 Å². The van der Waals surface area contributed by atoms with Crippen LogP contribution in [0.5, 0.6) is 0 Å². The first kappa shape index (κ1) is 23.9. The molecule has 1 nitrogen and oxygen atoms in total. The average Bonchev–Trinajstić information content (AvgIpc) is 3.37. The van der Waals surface area contributed by atoms with Gasteiger partial charge in [0.05, 0.1) is 0 Å². The van der Waals surface area contributed by atoms with Crippen molar-refractivity contribution < 1.29 is 0 Å². The summed E-state index contributed by atoms with van der Waals surface area (Å²) < 4.78 is 5.71. The Bertz CT molecular complexity index is 2010. The Morgan fingerprint density at radius 3 is 2.32 bits per heavy atom.